The predicted molar refractivity (Wildman–Crippen MR) is 91.4 cm³/mol. The average molecular weight is 336 g/mol. The Morgan fingerprint density at radius 1 is 1.12 bits per heavy atom. The number of amides is 1. The second-order valence-corrected chi connectivity index (χ2v) is 5.82. The number of hydrogen-bond donors (Lipinski definition) is 1. The van der Waals surface area contributed by atoms with Crippen molar-refractivity contribution in [3.63, 3.8) is 0 Å². The lowest BCUT2D eigenvalue weighted by Gasteiger charge is -2.05. The number of aryl methyl sites for hydroxylation is 3. The summed E-state index contributed by atoms with van der Waals surface area (Å²) in [4.78, 5) is 20.8. The number of rotatable bonds is 3. The Bertz CT molecular complexity index is 1120. The molecule has 0 spiro atoms. The van der Waals surface area contributed by atoms with Gasteiger partial charge in [0.2, 0.25) is 0 Å². The molecule has 126 valence electrons. The topological polar surface area (TPSA) is 109 Å². The molecule has 4 aromatic rings. The van der Waals surface area contributed by atoms with Gasteiger partial charge in [-0.05, 0) is 12.1 Å². The number of hydrogen-bond acceptors (Lipinski definition) is 5. The highest BCUT2D eigenvalue weighted by Gasteiger charge is 2.19. The first-order valence-electron chi connectivity index (χ1n) is 7.60. The maximum absolute atomic E-state index is 11.7. The van der Waals surface area contributed by atoms with Crippen molar-refractivity contribution in [2.75, 3.05) is 0 Å². The molecule has 25 heavy (non-hydrogen) atoms. The van der Waals surface area contributed by atoms with Crippen LogP contribution in [0.4, 0.5) is 0 Å². The summed E-state index contributed by atoms with van der Waals surface area (Å²) in [5.74, 6) is 0.0303. The van der Waals surface area contributed by atoms with E-state index in [1.807, 2.05) is 30.9 Å². The first-order valence-corrected chi connectivity index (χ1v) is 7.60. The summed E-state index contributed by atoms with van der Waals surface area (Å²) in [7, 11) is 5.54. The number of nitrogens with two attached hydrogens (primary N) is 1. The molecule has 0 saturated carbocycles. The molecule has 4 rings (SSSR count). The van der Waals surface area contributed by atoms with E-state index >= 15 is 0 Å². The molecule has 0 aliphatic carbocycles. The zero-order valence-corrected chi connectivity index (χ0v) is 14.0. The van der Waals surface area contributed by atoms with Crippen LogP contribution in [0.15, 0.2) is 30.7 Å². The molecule has 0 saturated heterocycles. The van der Waals surface area contributed by atoms with Crippen LogP contribution in [0, 0.1) is 0 Å². The lowest BCUT2D eigenvalue weighted by Crippen LogP contribution is -2.14. The second kappa shape index (κ2) is 5.26. The van der Waals surface area contributed by atoms with Crippen molar-refractivity contribution < 1.29 is 4.79 Å². The minimum Gasteiger partial charge on any atom is -0.364 e. The third-order valence-corrected chi connectivity index (χ3v) is 4.17. The number of primary amides is 1. The van der Waals surface area contributed by atoms with Crippen LogP contribution in [0.5, 0.6) is 0 Å². The summed E-state index contributed by atoms with van der Waals surface area (Å²) in [5.41, 5.74) is 8.60. The Kier molecular flexibility index (Phi) is 3.17. The van der Waals surface area contributed by atoms with Crippen LogP contribution in [-0.2, 0) is 21.1 Å². The van der Waals surface area contributed by atoms with Crippen molar-refractivity contribution >= 4 is 16.8 Å². The van der Waals surface area contributed by atoms with Gasteiger partial charge in [0, 0.05) is 38.9 Å². The van der Waals surface area contributed by atoms with Gasteiger partial charge in [0.05, 0.1) is 17.4 Å². The number of nitrogens with zero attached hydrogens (tertiary/aromatic N) is 7. The van der Waals surface area contributed by atoms with E-state index < -0.39 is 5.91 Å². The summed E-state index contributed by atoms with van der Waals surface area (Å²) >= 11 is 0. The molecule has 0 bridgehead atoms. The molecule has 4 heterocycles. The zero-order chi connectivity index (χ0) is 17.7. The molecule has 9 nitrogen and oxygen atoms in total. The highest BCUT2D eigenvalue weighted by Crippen LogP contribution is 2.28. The molecule has 0 radical (unpaired) electrons. The quantitative estimate of drug-likeness (QED) is 0.597. The van der Waals surface area contributed by atoms with Gasteiger partial charge in [-0.25, -0.2) is 9.97 Å². The Hall–Kier alpha value is -3.49. The van der Waals surface area contributed by atoms with Gasteiger partial charge >= 0.3 is 0 Å². The molecule has 0 aromatic carbocycles. The van der Waals surface area contributed by atoms with Gasteiger partial charge in [-0.1, -0.05) is 0 Å². The fourth-order valence-electron chi connectivity index (χ4n) is 2.87. The van der Waals surface area contributed by atoms with Gasteiger partial charge < -0.3 is 10.3 Å². The monoisotopic (exact) mass is 336 g/mol. The van der Waals surface area contributed by atoms with E-state index in [1.165, 1.54) is 0 Å². The van der Waals surface area contributed by atoms with Crippen molar-refractivity contribution in [1.29, 1.82) is 0 Å². The summed E-state index contributed by atoms with van der Waals surface area (Å²) in [6.07, 6.45) is 5.32. The molecule has 9 heteroatoms. The van der Waals surface area contributed by atoms with E-state index in [1.54, 1.807) is 34.9 Å². The average Bonchev–Trinajstić information content (AvgIpc) is 3.26. The molecule has 4 aromatic heterocycles. The van der Waals surface area contributed by atoms with Gasteiger partial charge in [0.15, 0.2) is 5.82 Å². The number of carbonyl (C=O) groups excluding carboxylic acids is 1. The lowest BCUT2D eigenvalue weighted by atomic mass is 10.2. The minimum atomic E-state index is -0.592. The fourth-order valence-corrected chi connectivity index (χ4v) is 2.87. The molecule has 0 atom stereocenters. The molecule has 0 unspecified atom stereocenters. The van der Waals surface area contributed by atoms with Gasteiger partial charge in [0.25, 0.3) is 5.91 Å². The first kappa shape index (κ1) is 15.1. The lowest BCUT2D eigenvalue weighted by molar-refractivity contribution is 0.0996. The van der Waals surface area contributed by atoms with Crippen molar-refractivity contribution in [2.24, 2.45) is 26.9 Å². The standard InChI is InChI=1S/C16H16N8O/c1-22-8-11(12-4-5-18-23(12)2)21-16(22)14-9-7-19-24(3)13(9)6-10(20-14)15(17)25/h4-8H,1-3H3,(H2,17,25). The fraction of sp³-hybridized carbons (Fsp3) is 0.188. The minimum absolute atomic E-state index is 0.177. The number of carbonyl (C=O) groups is 1. The predicted octanol–water partition coefficient (Wildman–Crippen LogP) is 0.868. The third kappa shape index (κ3) is 2.28. The van der Waals surface area contributed by atoms with Gasteiger partial charge in [-0.3, -0.25) is 14.2 Å². The number of pyridine rings is 1. The highest BCUT2D eigenvalue weighted by atomic mass is 16.1. The third-order valence-electron chi connectivity index (χ3n) is 4.17. The van der Waals surface area contributed by atoms with Crippen molar-refractivity contribution in [1.82, 2.24) is 34.1 Å². The van der Waals surface area contributed by atoms with E-state index in [9.17, 15) is 4.79 Å². The van der Waals surface area contributed by atoms with Crippen LogP contribution in [0.2, 0.25) is 0 Å². The smallest absolute Gasteiger partial charge is 0.267 e. The Morgan fingerprint density at radius 3 is 2.60 bits per heavy atom. The van der Waals surface area contributed by atoms with Crippen LogP contribution in [0.25, 0.3) is 33.8 Å². The van der Waals surface area contributed by atoms with Crippen molar-refractivity contribution in [2.45, 2.75) is 0 Å². The van der Waals surface area contributed by atoms with Gasteiger partial charge in [-0.2, -0.15) is 10.2 Å². The molecule has 1 amide bonds. The SMILES string of the molecule is Cn1cc(-c2ccnn2C)nc1-c1nc(C(N)=O)cc2c1cnn2C. The first-order chi connectivity index (χ1) is 12.0. The maximum atomic E-state index is 11.7. The van der Waals surface area contributed by atoms with Crippen molar-refractivity contribution in [3.05, 3.63) is 36.4 Å². The van der Waals surface area contributed by atoms with E-state index in [4.69, 9.17) is 10.7 Å². The van der Waals surface area contributed by atoms with Crippen LogP contribution in [0.3, 0.4) is 0 Å². The molecule has 0 aliphatic heterocycles. The summed E-state index contributed by atoms with van der Waals surface area (Å²) in [6, 6.07) is 3.53. The Balaban J connectivity index is 1.97. The van der Waals surface area contributed by atoms with E-state index in [-0.39, 0.29) is 5.69 Å². The van der Waals surface area contributed by atoms with Crippen LogP contribution < -0.4 is 5.73 Å². The molecule has 2 N–H and O–H groups in total. The number of aromatic nitrogens is 7. The molecular formula is C16H16N8O. The molecule has 0 fully saturated rings. The molecule has 0 aliphatic rings. The summed E-state index contributed by atoms with van der Waals surface area (Å²) < 4.78 is 5.29. The summed E-state index contributed by atoms with van der Waals surface area (Å²) in [6.45, 7) is 0. The summed E-state index contributed by atoms with van der Waals surface area (Å²) in [5, 5.41) is 9.23. The zero-order valence-electron chi connectivity index (χ0n) is 14.0. The van der Waals surface area contributed by atoms with E-state index in [0.29, 0.717) is 11.5 Å². The number of fused-ring (bicyclic) bond motifs is 1. The van der Waals surface area contributed by atoms with Gasteiger partial charge in [-0.15, -0.1) is 0 Å². The molecular weight excluding hydrogens is 320 g/mol. The number of imidazole rings is 1. The normalized spacial score (nSPS) is 11.3. The van der Waals surface area contributed by atoms with Crippen LogP contribution in [-0.4, -0.2) is 40.0 Å². The largest absolute Gasteiger partial charge is 0.364 e. The van der Waals surface area contributed by atoms with Gasteiger partial charge in [0.1, 0.15) is 17.1 Å². The highest BCUT2D eigenvalue weighted by molar-refractivity contribution is 5.99. The maximum Gasteiger partial charge on any atom is 0.267 e. The Morgan fingerprint density at radius 2 is 1.92 bits per heavy atom. The van der Waals surface area contributed by atoms with Crippen molar-refractivity contribution in [3.8, 4) is 22.9 Å². The van der Waals surface area contributed by atoms with Crippen LogP contribution in [0.1, 0.15) is 10.5 Å². The second-order valence-electron chi connectivity index (χ2n) is 5.82. The van der Waals surface area contributed by atoms with E-state index in [0.717, 1.165) is 22.3 Å². The van der Waals surface area contributed by atoms with Crippen LogP contribution >= 0.6 is 0 Å². The van der Waals surface area contributed by atoms with E-state index in [2.05, 4.69) is 15.2 Å². The Labute approximate surface area is 142 Å².